The molecule has 1 aromatic carbocycles. The van der Waals surface area contributed by atoms with Gasteiger partial charge in [-0.05, 0) is 40.2 Å². The lowest BCUT2D eigenvalue weighted by Crippen LogP contribution is -2.27. The van der Waals surface area contributed by atoms with E-state index in [0.29, 0.717) is 22.4 Å². The first kappa shape index (κ1) is 14.5. The van der Waals surface area contributed by atoms with E-state index in [1.54, 1.807) is 24.3 Å². The molecule has 0 atom stereocenters. The van der Waals surface area contributed by atoms with Crippen molar-refractivity contribution in [1.82, 2.24) is 0 Å². The van der Waals surface area contributed by atoms with Gasteiger partial charge < -0.3 is 9.94 Å². The normalized spacial score (nSPS) is 10.4. The van der Waals surface area contributed by atoms with Gasteiger partial charge >= 0.3 is 0 Å². The molecule has 0 aliphatic rings. The van der Waals surface area contributed by atoms with Crippen LogP contribution in [-0.2, 0) is 0 Å². The van der Waals surface area contributed by atoms with Crippen LogP contribution in [0.2, 0.25) is 5.02 Å². The van der Waals surface area contributed by atoms with Gasteiger partial charge in [-0.2, -0.15) is 4.73 Å². The van der Waals surface area contributed by atoms with Gasteiger partial charge in [0.25, 0.3) is 5.03 Å². The van der Waals surface area contributed by atoms with Crippen molar-refractivity contribution >= 4 is 39.3 Å². The molecule has 2 aromatic rings. The molecule has 0 saturated carbocycles. The van der Waals surface area contributed by atoms with Crippen LogP contribution in [0.25, 0.3) is 0 Å². The van der Waals surface area contributed by atoms with Crippen LogP contribution in [0.3, 0.4) is 0 Å². The summed E-state index contributed by atoms with van der Waals surface area (Å²) < 4.78 is 7.29. The van der Waals surface area contributed by atoms with E-state index in [1.807, 2.05) is 12.1 Å². The summed E-state index contributed by atoms with van der Waals surface area (Å²) >= 11 is 10.7. The van der Waals surface area contributed by atoms with Crippen molar-refractivity contribution in [2.75, 3.05) is 12.4 Å². The maximum Gasteiger partial charge on any atom is 0.251 e. The van der Waals surface area contributed by atoms with E-state index in [1.165, 1.54) is 18.0 Å². The summed E-state index contributed by atoms with van der Waals surface area (Å²) in [5, 5.41) is 12.7. The average Bonchev–Trinajstić information content (AvgIpc) is 2.38. The molecule has 2 rings (SSSR count). The van der Waals surface area contributed by atoms with Gasteiger partial charge in [0.2, 0.25) is 0 Å². The van der Waals surface area contributed by atoms with Crippen molar-refractivity contribution < 1.29 is 9.47 Å². The molecule has 0 fully saturated rings. The summed E-state index contributed by atoms with van der Waals surface area (Å²) in [6, 6.07) is 10.7. The van der Waals surface area contributed by atoms with Crippen LogP contribution in [0.1, 0.15) is 0 Å². The van der Waals surface area contributed by atoms with Crippen LogP contribution in [0.15, 0.2) is 52.1 Å². The molecule has 0 radical (unpaired) electrons. The molecule has 0 bridgehead atoms. The molecule has 0 unspecified atom stereocenters. The van der Waals surface area contributed by atoms with Crippen molar-refractivity contribution in [3.63, 3.8) is 0 Å². The molecule has 0 amide bonds. The van der Waals surface area contributed by atoms with Gasteiger partial charge in [0.15, 0.2) is 6.20 Å². The summed E-state index contributed by atoms with van der Waals surface area (Å²) in [5.41, 5.74) is 0. The van der Waals surface area contributed by atoms with Gasteiger partial charge in [-0.1, -0.05) is 23.4 Å². The summed E-state index contributed by atoms with van der Waals surface area (Å²) in [6.07, 6.45) is 1.49. The van der Waals surface area contributed by atoms with E-state index in [9.17, 15) is 5.21 Å². The van der Waals surface area contributed by atoms with Crippen molar-refractivity contribution in [1.29, 1.82) is 0 Å². The van der Waals surface area contributed by atoms with E-state index in [2.05, 4.69) is 15.9 Å². The van der Waals surface area contributed by atoms with Gasteiger partial charge in [0, 0.05) is 22.9 Å². The molecule has 100 valence electrons. The van der Waals surface area contributed by atoms with Crippen LogP contribution in [-0.4, -0.2) is 12.4 Å². The molecule has 0 spiro atoms. The third-order valence-corrected chi connectivity index (χ3v) is 4.11. The highest BCUT2D eigenvalue weighted by atomic mass is 79.9. The highest BCUT2D eigenvalue weighted by Gasteiger charge is 2.05. The summed E-state index contributed by atoms with van der Waals surface area (Å²) in [4.78, 5) is 0. The highest BCUT2D eigenvalue weighted by molar-refractivity contribution is 9.10. The predicted octanol–water partition coefficient (Wildman–Crippen LogP) is 3.91. The lowest BCUT2D eigenvalue weighted by Gasteiger charge is -2.08. The van der Waals surface area contributed by atoms with Crippen molar-refractivity contribution in [3.05, 3.63) is 57.3 Å². The molecule has 1 aromatic heterocycles. The number of halogens is 2. The number of rotatable bonds is 5. The molecule has 3 nitrogen and oxygen atoms in total. The van der Waals surface area contributed by atoms with Crippen LogP contribution >= 0.6 is 39.3 Å². The van der Waals surface area contributed by atoms with Gasteiger partial charge in [-0.3, -0.25) is 0 Å². The Morgan fingerprint density at radius 2 is 2.16 bits per heavy atom. The van der Waals surface area contributed by atoms with Crippen molar-refractivity contribution in [2.24, 2.45) is 0 Å². The summed E-state index contributed by atoms with van der Waals surface area (Å²) in [6.45, 7) is 0.514. The molecule has 0 saturated heterocycles. The zero-order chi connectivity index (χ0) is 13.7. The van der Waals surface area contributed by atoms with Crippen LogP contribution in [0.4, 0.5) is 0 Å². The molecular formula is C13H11BrClNO2S. The fourth-order valence-electron chi connectivity index (χ4n) is 1.41. The van der Waals surface area contributed by atoms with Gasteiger partial charge in [0.1, 0.15) is 5.75 Å². The monoisotopic (exact) mass is 359 g/mol. The number of nitrogens with zero attached hydrogens (tertiary/aromatic N) is 1. The minimum Gasteiger partial charge on any atom is -0.618 e. The van der Waals surface area contributed by atoms with Crippen LogP contribution in [0, 0.1) is 5.21 Å². The molecule has 6 heteroatoms. The highest BCUT2D eigenvalue weighted by Crippen LogP contribution is 2.28. The van der Waals surface area contributed by atoms with Gasteiger partial charge in [0.05, 0.1) is 11.1 Å². The fourth-order valence-corrected chi connectivity index (χ4v) is 2.95. The zero-order valence-corrected chi connectivity index (χ0v) is 13.0. The average molecular weight is 361 g/mol. The maximum atomic E-state index is 11.4. The zero-order valence-electron chi connectivity index (χ0n) is 9.88. The molecule has 0 aliphatic carbocycles. The largest absolute Gasteiger partial charge is 0.618 e. The smallest absolute Gasteiger partial charge is 0.251 e. The predicted molar refractivity (Wildman–Crippen MR) is 80.8 cm³/mol. The van der Waals surface area contributed by atoms with Crippen molar-refractivity contribution in [3.8, 4) is 5.75 Å². The lowest BCUT2D eigenvalue weighted by atomic mass is 10.3. The van der Waals surface area contributed by atoms with E-state index < -0.39 is 0 Å². The SMILES string of the molecule is [O-][n+]1ccccc1SCCOc1ccc(Cl)cc1Br. The topological polar surface area (TPSA) is 36.2 Å². The molecule has 0 aliphatic heterocycles. The molecular weight excluding hydrogens is 350 g/mol. The first-order valence-corrected chi connectivity index (χ1v) is 7.71. The third kappa shape index (κ3) is 4.30. The Morgan fingerprint density at radius 1 is 1.32 bits per heavy atom. The minimum atomic E-state index is 0.514. The van der Waals surface area contributed by atoms with Gasteiger partial charge in [-0.15, -0.1) is 0 Å². The third-order valence-electron chi connectivity index (χ3n) is 2.27. The Morgan fingerprint density at radius 3 is 2.89 bits per heavy atom. The number of hydrogen-bond donors (Lipinski definition) is 0. The summed E-state index contributed by atoms with van der Waals surface area (Å²) in [5.74, 6) is 1.44. The number of hydrogen-bond acceptors (Lipinski definition) is 3. The second kappa shape index (κ2) is 7.03. The second-order valence-electron chi connectivity index (χ2n) is 3.64. The molecule has 1 heterocycles. The lowest BCUT2D eigenvalue weighted by molar-refractivity contribution is -0.645. The maximum absolute atomic E-state index is 11.4. The van der Waals surface area contributed by atoms with E-state index in [0.717, 1.165) is 15.0 Å². The quantitative estimate of drug-likeness (QED) is 0.351. The fraction of sp³-hybridized carbons (Fsp3) is 0.154. The Balaban J connectivity index is 1.83. The standard InChI is InChI=1S/C13H11BrClNO2S/c14-11-9-10(15)4-5-12(11)18-7-8-19-13-3-1-2-6-16(13)17/h1-6,9H,7-8H2. The Labute approximate surface area is 129 Å². The van der Waals surface area contributed by atoms with Crippen LogP contribution < -0.4 is 9.47 Å². The van der Waals surface area contributed by atoms with E-state index >= 15 is 0 Å². The summed E-state index contributed by atoms with van der Waals surface area (Å²) in [7, 11) is 0. The number of aromatic nitrogens is 1. The first-order valence-electron chi connectivity index (χ1n) is 5.55. The Bertz CT molecular complexity index is 568. The van der Waals surface area contributed by atoms with Crippen LogP contribution in [0.5, 0.6) is 5.75 Å². The minimum absolute atomic E-state index is 0.514. The Kier molecular flexibility index (Phi) is 5.36. The number of thioether (sulfide) groups is 1. The second-order valence-corrected chi connectivity index (χ2v) is 6.04. The molecule has 19 heavy (non-hydrogen) atoms. The first-order chi connectivity index (χ1) is 9.16. The number of pyridine rings is 1. The Hall–Kier alpha value is -0.910. The number of ether oxygens (including phenoxy) is 1. The molecule has 0 N–H and O–H groups in total. The van der Waals surface area contributed by atoms with E-state index in [4.69, 9.17) is 16.3 Å². The van der Waals surface area contributed by atoms with Crippen molar-refractivity contribution in [2.45, 2.75) is 5.03 Å². The number of benzene rings is 1. The van der Waals surface area contributed by atoms with Gasteiger partial charge in [-0.25, -0.2) is 0 Å². The van der Waals surface area contributed by atoms with E-state index in [-0.39, 0.29) is 0 Å².